The summed E-state index contributed by atoms with van der Waals surface area (Å²) in [4.78, 5) is 2.52. The molecule has 1 fully saturated rings. The second-order valence-corrected chi connectivity index (χ2v) is 5.93. The van der Waals surface area contributed by atoms with E-state index in [4.69, 9.17) is 5.73 Å². The standard InChI is InChI=1S/C14H21BrN2/c1-11-4-5-13(14(15)7-11)10-17-6-2-3-12(8-16)9-17/h4-5,7,12H,2-3,6,8-10,16H2,1H3. The minimum absolute atomic E-state index is 0.688. The summed E-state index contributed by atoms with van der Waals surface area (Å²) in [5.74, 6) is 0.688. The zero-order valence-electron chi connectivity index (χ0n) is 10.5. The highest BCUT2D eigenvalue weighted by molar-refractivity contribution is 9.10. The minimum Gasteiger partial charge on any atom is -0.330 e. The van der Waals surface area contributed by atoms with Crippen LogP contribution < -0.4 is 5.73 Å². The molecule has 0 aromatic heterocycles. The summed E-state index contributed by atoms with van der Waals surface area (Å²) >= 11 is 3.65. The van der Waals surface area contributed by atoms with Crippen LogP contribution in [0.25, 0.3) is 0 Å². The highest BCUT2D eigenvalue weighted by Crippen LogP contribution is 2.23. The molecule has 0 bridgehead atoms. The molecule has 2 rings (SSSR count). The highest BCUT2D eigenvalue weighted by atomic mass is 79.9. The predicted molar refractivity (Wildman–Crippen MR) is 75.9 cm³/mol. The van der Waals surface area contributed by atoms with Gasteiger partial charge in [0.25, 0.3) is 0 Å². The zero-order chi connectivity index (χ0) is 12.3. The Labute approximate surface area is 112 Å². The number of piperidine rings is 1. The van der Waals surface area contributed by atoms with E-state index in [0.29, 0.717) is 5.92 Å². The van der Waals surface area contributed by atoms with E-state index < -0.39 is 0 Å². The summed E-state index contributed by atoms with van der Waals surface area (Å²) < 4.78 is 1.23. The topological polar surface area (TPSA) is 29.3 Å². The van der Waals surface area contributed by atoms with Crippen molar-refractivity contribution in [2.24, 2.45) is 11.7 Å². The van der Waals surface area contributed by atoms with Crippen molar-refractivity contribution in [1.29, 1.82) is 0 Å². The Bertz CT molecular complexity index is 378. The molecule has 2 N–H and O–H groups in total. The summed E-state index contributed by atoms with van der Waals surface area (Å²) in [6.45, 7) is 6.34. The van der Waals surface area contributed by atoms with Crippen LogP contribution in [-0.4, -0.2) is 24.5 Å². The third-order valence-corrected chi connectivity index (χ3v) is 4.28. The number of rotatable bonds is 3. The van der Waals surface area contributed by atoms with Gasteiger partial charge in [0, 0.05) is 17.6 Å². The lowest BCUT2D eigenvalue weighted by atomic mass is 9.98. The summed E-state index contributed by atoms with van der Waals surface area (Å²) in [6.07, 6.45) is 2.58. The van der Waals surface area contributed by atoms with E-state index in [1.165, 1.54) is 35.0 Å². The number of likely N-dealkylation sites (tertiary alicyclic amines) is 1. The molecule has 1 aromatic rings. The van der Waals surface area contributed by atoms with Crippen LogP contribution in [0.1, 0.15) is 24.0 Å². The molecule has 1 aliphatic heterocycles. The maximum absolute atomic E-state index is 5.77. The number of aryl methyl sites for hydroxylation is 1. The third kappa shape index (κ3) is 3.54. The van der Waals surface area contributed by atoms with Crippen LogP contribution in [0.4, 0.5) is 0 Å². The first-order chi connectivity index (χ1) is 8.19. The molecule has 0 spiro atoms. The summed E-state index contributed by atoms with van der Waals surface area (Å²) in [5.41, 5.74) is 8.46. The molecule has 0 amide bonds. The molecule has 0 saturated carbocycles. The molecule has 1 heterocycles. The number of halogens is 1. The number of nitrogens with zero attached hydrogens (tertiary/aromatic N) is 1. The fourth-order valence-corrected chi connectivity index (χ4v) is 3.13. The SMILES string of the molecule is Cc1ccc(CN2CCCC(CN)C2)c(Br)c1. The van der Waals surface area contributed by atoms with Gasteiger partial charge < -0.3 is 5.73 Å². The fourth-order valence-electron chi connectivity index (χ4n) is 2.51. The molecule has 1 atom stereocenters. The Morgan fingerprint density at radius 3 is 3.00 bits per heavy atom. The van der Waals surface area contributed by atoms with Gasteiger partial charge in [0.15, 0.2) is 0 Å². The van der Waals surface area contributed by atoms with E-state index in [-0.39, 0.29) is 0 Å². The molecule has 2 nitrogen and oxygen atoms in total. The Morgan fingerprint density at radius 2 is 2.29 bits per heavy atom. The van der Waals surface area contributed by atoms with E-state index in [2.05, 4.69) is 46.0 Å². The van der Waals surface area contributed by atoms with Gasteiger partial charge in [-0.3, -0.25) is 4.90 Å². The van der Waals surface area contributed by atoms with E-state index in [1.54, 1.807) is 0 Å². The highest BCUT2D eigenvalue weighted by Gasteiger charge is 2.19. The van der Waals surface area contributed by atoms with Gasteiger partial charge >= 0.3 is 0 Å². The smallest absolute Gasteiger partial charge is 0.0245 e. The van der Waals surface area contributed by atoms with E-state index in [0.717, 1.165) is 19.6 Å². The van der Waals surface area contributed by atoms with Crippen molar-refractivity contribution in [3.8, 4) is 0 Å². The molecule has 1 saturated heterocycles. The van der Waals surface area contributed by atoms with Crippen molar-refractivity contribution >= 4 is 15.9 Å². The molecular formula is C14H21BrN2. The summed E-state index contributed by atoms with van der Waals surface area (Å²) in [6, 6.07) is 6.61. The molecule has 3 heteroatoms. The van der Waals surface area contributed by atoms with Crippen molar-refractivity contribution in [2.75, 3.05) is 19.6 Å². The first kappa shape index (κ1) is 13.1. The Kier molecular flexibility index (Phi) is 4.60. The molecule has 1 aromatic carbocycles. The molecule has 0 radical (unpaired) electrons. The Morgan fingerprint density at radius 1 is 1.47 bits per heavy atom. The second kappa shape index (κ2) is 5.98. The van der Waals surface area contributed by atoms with Crippen molar-refractivity contribution < 1.29 is 0 Å². The molecular weight excluding hydrogens is 276 g/mol. The first-order valence-electron chi connectivity index (χ1n) is 6.36. The van der Waals surface area contributed by atoms with Gasteiger partial charge in [-0.2, -0.15) is 0 Å². The molecule has 17 heavy (non-hydrogen) atoms. The quantitative estimate of drug-likeness (QED) is 0.929. The minimum atomic E-state index is 0.688. The van der Waals surface area contributed by atoms with Crippen LogP contribution >= 0.6 is 15.9 Å². The lowest BCUT2D eigenvalue weighted by Gasteiger charge is -2.32. The first-order valence-corrected chi connectivity index (χ1v) is 7.16. The molecule has 0 aliphatic carbocycles. The monoisotopic (exact) mass is 296 g/mol. The van der Waals surface area contributed by atoms with Crippen LogP contribution in [0, 0.1) is 12.8 Å². The van der Waals surface area contributed by atoms with Gasteiger partial charge in [-0.15, -0.1) is 0 Å². The average Bonchev–Trinajstić information content (AvgIpc) is 2.33. The number of hydrogen-bond acceptors (Lipinski definition) is 2. The fraction of sp³-hybridized carbons (Fsp3) is 0.571. The molecule has 1 aliphatic rings. The predicted octanol–water partition coefficient (Wildman–Crippen LogP) is 2.93. The second-order valence-electron chi connectivity index (χ2n) is 5.07. The van der Waals surface area contributed by atoms with Crippen LogP contribution in [-0.2, 0) is 6.54 Å². The van der Waals surface area contributed by atoms with Crippen LogP contribution in [0.3, 0.4) is 0 Å². The maximum Gasteiger partial charge on any atom is 0.0245 e. The molecule has 94 valence electrons. The van der Waals surface area contributed by atoms with Crippen molar-refractivity contribution in [3.63, 3.8) is 0 Å². The number of benzene rings is 1. The van der Waals surface area contributed by atoms with E-state index in [9.17, 15) is 0 Å². The Balaban J connectivity index is 2.00. The van der Waals surface area contributed by atoms with Crippen LogP contribution in [0.5, 0.6) is 0 Å². The van der Waals surface area contributed by atoms with Gasteiger partial charge in [0.2, 0.25) is 0 Å². The summed E-state index contributed by atoms with van der Waals surface area (Å²) in [7, 11) is 0. The third-order valence-electron chi connectivity index (χ3n) is 3.54. The van der Waals surface area contributed by atoms with Gasteiger partial charge in [0.1, 0.15) is 0 Å². The van der Waals surface area contributed by atoms with E-state index in [1.807, 2.05) is 0 Å². The lowest BCUT2D eigenvalue weighted by Crippen LogP contribution is -2.37. The molecule has 1 unspecified atom stereocenters. The largest absolute Gasteiger partial charge is 0.330 e. The van der Waals surface area contributed by atoms with Crippen molar-refractivity contribution in [3.05, 3.63) is 33.8 Å². The lowest BCUT2D eigenvalue weighted by molar-refractivity contribution is 0.171. The summed E-state index contributed by atoms with van der Waals surface area (Å²) in [5, 5.41) is 0. The zero-order valence-corrected chi connectivity index (χ0v) is 12.0. The maximum atomic E-state index is 5.77. The number of hydrogen-bond donors (Lipinski definition) is 1. The van der Waals surface area contributed by atoms with Gasteiger partial charge in [-0.1, -0.05) is 28.1 Å². The van der Waals surface area contributed by atoms with Crippen LogP contribution in [0.2, 0.25) is 0 Å². The normalized spacial score (nSPS) is 21.7. The van der Waals surface area contributed by atoms with E-state index >= 15 is 0 Å². The van der Waals surface area contributed by atoms with Crippen molar-refractivity contribution in [2.45, 2.75) is 26.3 Å². The Hall–Kier alpha value is -0.380. The van der Waals surface area contributed by atoms with Gasteiger partial charge in [-0.05, 0) is 56.0 Å². The van der Waals surface area contributed by atoms with Crippen LogP contribution in [0.15, 0.2) is 22.7 Å². The number of nitrogens with two attached hydrogens (primary N) is 1. The van der Waals surface area contributed by atoms with Crippen molar-refractivity contribution in [1.82, 2.24) is 4.90 Å². The average molecular weight is 297 g/mol. The van der Waals surface area contributed by atoms with Gasteiger partial charge in [0.05, 0.1) is 0 Å². The van der Waals surface area contributed by atoms with Gasteiger partial charge in [-0.25, -0.2) is 0 Å².